The number of halogens is 1. The van der Waals surface area contributed by atoms with Crippen LogP contribution >= 0.6 is 22.6 Å². The number of hydrogen-bond acceptors (Lipinski definition) is 4. The van der Waals surface area contributed by atoms with E-state index in [1.807, 2.05) is 60.5 Å². The SMILES string of the molecule is CN(CC(=O)Nc1ccc(I)cc1)CC1COc2ccccc2O1. The van der Waals surface area contributed by atoms with Crippen molar-refractivity contribution in [3.05, 3.63) is 52.1 Å². The number of ether oxygens (including phenoxy) is 2. The van der Waals surface area contributed by atoms with E-state index in [-0.39, 0.29) is 12.0 Å². The first kappa shape index (κ1) is 17.0. The Hall–Kier alpha value is -1.80. The second-order valence-electron chi connectivity index (χ2n) is 5.75. The van der Waals surface area contributed by atoms with E-state index >= 15 is 0 Å². The molecule has 1 heterocycles. The molecule has 24 heavy (non-hydrogen) atoms. The summed E-state index contributed by atoms with van der Waals surface area (Å²) >= 11 is 2.23. The molecule has 0 aromatic heterocycles. The zero-order valence-corrected chi connectivity index (χ0v) is 15.5. The number of likely N-dealkylation sites (N-methyl/N-ethyl adjacent to an activating group) is 1. The first-order valence-electron chi connectivity index (χ1n) is 7.72. The first-order chi connectivity index (χ1) is 11.6. The third-order valence-electron chi connectivity index (χ3n) is 3.62. The summed E-state index contributed by atoms with van der Waals surface area (Å²) < 4.78 is 12.7. The Morgan fingerprint density at radius 2 is 1.92 bits per heavy atom. The number of nitrogens with one attached hydrogen (secondary N) is 1. The molecule has 6 heteroatoms. The molecule has 1 amide bonds. The van der Waals surface area contributed by atoms with E-state index in [9.17, 15) is 4.79 Å². The summed E-state index contributed by atoms with van der Waals surface area (Å²) in [5, 5.41) is 2.90. The maximum absolute atomic E-state index is 12.1. The summed E-state index contributed by atoms with van der Waals surface area (Å²) in [6.45, 7) is 1.40. The van der Waals surface area contributed by atoms with Crippen molar-refractivity contribution in [1.29, 1.82) is 0 Å². The zero-order chi connectivity index (χ0) is 16.9. The number of hydrogen-bond donors (Lipinski definition) is 1. The highest BCUT2D eigenvalue weighted by Crippen LogP contribution is 2.30. The molecule has 0 spiro atoms. The van der Waals surface area contributed by atoms with E-state index in [0.717, 1.165) is 20.8 Å². The quantitative estimate of drug-likeness (QED) is 0.730. The number of anilines is 1. The molecule has 1 unspecified atom stereocenters. The molecule has 1 aliphatic heterocycles. The fourth-order valence-corrected chi connectivity index (χ4v) is 2.90. The summed E-state index contributed by atoms with van der Waals surface area (Å²) in [5.74, 6) is 1.48. The van der Waals surface area contributed by atoms with Crippen molar-refractivity contribution in [2.45, 2.75) is 6.10 Å². The summed E-state index contributed by atoms with van der Waals surface area (Å²) in [5.41, 5.74) is 0.806. The van der Waals surface area contributed by atoms with Gasteiger partial charge in [0.15, 0.2) is 11.5 Å². The molecular formula is C18H19IN2O3. The average Bonchev–Trinajstić information content (AvgIpc) is 2.56. The van der Waals surface area contributed by atoms with Crippen LogP contribution in [-0.4, -0.2) is 43.7 Å². The number of para-hydroxylation sites is 2. The molecule has 0 bridgehead atoms. The van der Waals surface area contributed by atoms with E-state index < -0.39 is 0 Å². The Balaban J connectivity index is 1.48. The molecule has 1 atom stereocenters. The Morgan fingerprint density at radius 3 is 2.67 bits per heavy atom. The van der Waals surface area contributed by atoms with Crippen LogP contribution in [0.2, 0.25) is 0 Å². The molecule has 0 radical (unpaired) electrons. The number of amides is 1. The standard InChI is InChI=1S/C18H19IN2O3/c1-21(11-18(22)20-14-8-6-13(19)7-9-14)10-15-12-23-16-4-2-3-5-17(16)24-15/h2-9,15H,10-12H2,1H3,(H,20,22). The van der Waals surface area contributed by atoms with Crippen LogP contribution in [0.3, 0.4) is 0 Å². The lowest BCUT2D eigenvalue weighted by atomic mass is 10.2. The molecule has 1 aliphatic rings. The molecule has 2 aromatic carbocycles. The fourth-order valence-electron chi connectivity index (χ4n) is 2.54. The van der Waals surface area contributed by atoms with Crippen LogP contribution in [0.25, 0.3) is 0 Å². The van der Waals surface area contributed by atoms with Gasteiger partial charge in [-0.05, 0) is 66.0 Å². The highest BCUT2D eigenvalue weighted by molar-refractivity contribution is 14.1. The molecule has 0 saturated carbocycles. The van der Waals surface area contributed by atoms with Gasteiger partial charge in [0.25, 0.3) is 0 Å². The van der Waals surface area contributed by atoms with Gasteiger partial charge in [-0.3, -0.25) is 9.69 Å². The van der Waals surface area contributed by atoms with Crippen molar-refractivity contribution >= 4 is 34.2 Å². The van der Waals surface area contributed by atoms with Crippen LogP contribution < -0.4 is 14.8 Å². The van der Waals surface area contributed by atoms with E-state index in [1.165, 1.54) is 0 Å². The number of nitrogens with zero attached hydrogens (tertiary/aromatic N) is 1. The highest BCUT2D eigenvalue weighted by atomic mass is 127. The molecule has 126 valence electrons. The Labute approximate surface area is 155 Å². The topological polar surface area (TPSA) is 50.8 Å². The van der Waals surface area contributed by atoms with Crippen LogP contribution in [0.5, 0.6) is 11.5 Å². The van der Waals surface area contributed by atoms with Crippen LogP contribution in [0.4, 0.5) is 5.69 Å². The second-order valence-corrected chi connectivity index (χ2v) is 7.00. The van der Waals surface area contributed by atoms with E-state index in [4.69, 9.17) is 9.47 Å². The summed E-state index contributed by atoms with van der Waals surface area (Å²) in [6, 6.07) is 15.3. The van der Waals surface area contributed by atoms with E-state index in [2.05, 4.69) is 27.9 Å². The van der Waals surface area contributed by atoms with Gasteiger partial charge in [-0.15, -0.1) is 0 Å². The van der Waals surface area contributed by atoms with Gasteiger partial charge in [0.05, 0.1) is 6.54 Å². The highest BCUT2D eigenvalue weighted by Gasteiger charge is 2.22. The Kier molecular flexibility index (Phi) is 5.57. The monoisotopic (exact) mass is 438 g/mol. The lowest BCUT2D eigenvalue weighted by molar-refractivity contribution is -0.117. The smallest absolute Gasteiger partial charge is 0.238 e. The molecule has 1 N–H and O–H groups in total. The van der Waals surface area contributed by atoms with E-state index in [0.29, 0.717) is 19.7 Å². The summed E-state index contributed by atoms with van der Waals surface area (Å²) in [4.78, 5) is 14.1. The number of carbonyl (C=O) groups excluding carboxylic acids is 1. The third-order valence-corrected chi connectivity index (χ3v) is 4.34. The molecule has 0 saturated heterocycles. The van der Waals surface area contributed by atoms with Crippen molar-refractivity contribution in [1.82, 2.24) is 4.90 Å². The lowest BCUT2D eigenvalue weighted by Gasteiger charge is -2.29. The average molecular weight is 438 g/mol. The number of carbonyl (C=O) groups is 1. The molecule has 3 rings (SSSR count). The minimum Gasteiger partial charge on any atom is -0.486 e. The van der Waals surface area contributed by atoms with Gasteiger partial charge in [0.2, 0.25) is 5.91 Å². The predicted octanol–water partition coefficient (Wildman–Crippen LogP) is 3.00. The van der Waals surface area contributed by atoms with Crippen molar-refractivity contribution in [2.24, 2.45) is 0 Å². The lowest BCUT2D eigenvalue weighted by Crippen LogP contribution is -2.42. The van der Waals surface area contributed by atoms with Gasteiger partial charge < -0.3 is 14.8 Å². The zero-order valence-electron chi connectivity index (χ0n) is 13.4. The van der Waals surface area contributed by atoms with Crippen LogP contribution in [0, 0.1) is 3.57 Å². The number of fused-ring (bicyclic) bond motifs is 1. The van der Waals surface area contributed by atoms with E-state index in [1.54, 1.807) is 0 Å². The van der Waals surface area contributed by atoms with Crippen LogP contribution in [0.15, 0.2) is 48.5 Å². The molecular weight excluding hydrogens is 419 g/mol. The maximum Gasteiger partial charge on any atom is 0.238 e. The van der Waals surface area contributed by atoms with Gasteiger partial charge in [-0.2, -0.15) is 0 Å². The number of rotatable bonds is 5. The Morgan fingerprint density at radius 1 is 1.21 bits per heavy atom. The van der Waals surface area contributed by atoms with Gasteiger partial charge in [0, 0.05) is 15.8 Å². The molecule has 0 aliphatic carbocycles. The Bertz CT molecular complexity index is 706. The summed E-state index contributed by atoms with van der Waals surface area (Å²) in [6.07, 6.45) is -0.0870. The maximum atomic E-state index is 12.1. The third kappa shape index (κ3) is 4.61. The van der Waals surface area contributed by atoms with Gasteiger partial charge in [-0.1, -0.05) is 12.1 Å². The largest absolute Gasteiger partial charge is 0.486 e. The second kappa shape index (κ2) is 7.85. The predicted molar refractivity (Wildman–Crippen MR) is 102 cm³/mol. The molecule has 2 aromatic rings. The molecule has 5 nitrogen and oxygen atoms in total. The van der Waals surface area contributed by atoms with Crippen molar-refractivity contribution in [2.75, 3.05) is 32.1 Å². The van der Waals surface area contributed by atoms with Crippen LogP contribution in [-0.2, 0) is 4.79 Å². The first-order valence-corrected chi connectivity index (χ1v) is 8.80. The van der Waals surface area contributed by atoms with Gasteiger partial charge in [-0.25, -0.2) is 0 Å². The van der Waals surface area contributed by atoms with Crippen LogP contribution in [0.1, 0.15) is 0 Å². The number of benzene rings is 2. The normalized spacial score (nSPS) is 16.0. The van der Waals surface area contributed by atoms with Gasteiger partial charge in [0.1, 0.15) is 12.7 Å². The summed E-state index contributed by atoms with van der Waals surface area (Å²) in [7, 11) is 1.90. The molecule has 0 fully saturated rings. The van der Waals surface area contributed by atoms with Crippen molar-refractivity contribution in [3.63, 3.8) is 0 Å². The minimum atomic E-state index is -0.0870. The van der Waals surface area contributed by atoms with Gasteiger partial charge >= 0.3 is 0 Å². The fraction of sp³-hybridized carbons (Fsp3) is 0.278. The van der Waals surface area contributed by atoms with Crippen molar-refractivity contribution < 1.29 is 14.3 Å². The minimum absolute atomic E-state index is 0.0455. The van der Waals surface area contributed by atoms with Crippen molar-refractivity contribution in [3.8, 4) is 11.5 Å².